The van der Waals surface area contributed by atoms with Crippen LogP contribution >= 0.6 is 0 Å². The van der Waals surface area contributed by atoms with Crippen molar-refractivity contribution in [2.45, 2.75) is 27.3 Å². The third kappa shape index (κ3) is 5.07. The Hall–Kier alpha value is -3.40. The van der Waals surface area contributed by atoms with Gasteiger partial charge in [-0.05, 0) is 73.9 Å². The van der Waals surface area contributed by atoms with Crippen LogP contribution in [-0.2, 0) is 6.54 Å². The maximum atomic E-state index is 12.4. The minimum absolute atomic E-state index is 0.164. The topological polar surface area (TPSA) is 58.2 Å². The molecule has 3 aromatic rings. The quantitative estimate of drug-likeness (QED) is 0.676. The molecule has 0 aliphatic carbocycles. The lowest BCUT2D eigenvalue weighted by Crippen LogP contribution is -2.23. The van der Waals surface area contributed by atoms with Gasteiger partial charge in [0.15, 0.2) is 0 Å². The molecular weight excluding hydrogens is 348 g/mol. The van der Waals surface area contributed by atoms with Crippen molar-refractivity contribution in [1.82, 2.24) is 5.32 Å². The summed E-state index contributed by atoms with van der Waals surface area (Å²) < 4.78 is 0. The molecule has 4 nitrogen and oxygen atoms in total. The van der Waals surface area contributed by atoms with Crippen molar-refractivity contribution in [3.05, 3.63) is 100 Å². The molecule has 0 bridgehead atoms. The van der Waals surface area contributed by atoms with E-state index in [9.17, 15) is 9.59 Å². The molecule has 0 heterocycles. The van der Waals surface area contributed by atoms with Gasteiger partial charge in [-0.1, -0.05) is 35.9 Å². The minimum Gasteiger partial charge on any atom is -0.348 e. The Balaban J connectivity index is 1.62. The van der Waals surface area contributed by atoms with Crippen LogP contribution in [0.15, 0.2) is 66.7 Å². The predicted molar refractivity (Wildman–Crippen MR) is 113 cm³/mol. The molecule has 2 N–H and O–H groups in total. The third-order valence-electron chi connectivity index (χ3n) is 4.42. The lowest BCUT2D eigenvalue weighted by atomic mass is 10.1. The summed E-state index contributed by atoms with van der Waals surface area (Å²) in [5.74, 6) is -0.362. The molecule has 28 heavy (non-hydrogen) atoms. The SMILES string of the molecule is Cc1cccc(CNC(=O)c2ccc(C(=O)Nc3cc(C)cc(C)c3)cc2)c1. The third-order valence-corrected chi connectivity index (χ3v) is 4.42. The number of hydrogen-bond acceptors (Lipinski definition) is 2. The van der Waals surface area contributed by atoms with Crippen LogP contribution in [0.25, 0.3) is 0 Å². The molecule has 0 aliphatic rings. The van der Waals surface area contributed by atoms with E-state index in [0.29, 0.717) is 17.7 Å². The molecule has 142 valence electrons. The zero-order valence-corrected chi connectivity index (χ0v) is 16.4. The zero-order chi connectivity index (χ0) is 20.1. The first kappa shape index (κ1) is 19.4. The average Bonchev–Trinajstić information content (AvgIpc) is 2.65. The number of nitrogens with one attached hydrogen (secondary N) is 2. The number of benzene rings is 3. The first-order chi connectivity index (χ1) is 13.4. The van der Waals surface area contributed by atoms with Crippen LogP contribution in [-0.4, -0.2) is 11.8 Å². The molecule has 0 radical (unpaired) electrons. The highest BCUT2D eigenvalue weighted by Crippen LogP contribution is 2.15. The second-order valence-corrected chi connectivity index (χ2v) is 7.08. The number of aryl methyl sites for hydroxylation is 3. The highest BCUT2D eigenvalue weighted by molar-refractivity contribution is 6.05. The number of hydrogen-bond donors (Lipinski definition) is 2. The fourth-order valence-electron chi connectivity index (χ4n) is 3.13. The first-order valence-electron chi connectivity index (χ1n) is 9.24. The molecule has 0 atom stereocenters. The first-order valence-corrected chi connectivity index (χ1v) is 9.24. The van der Waals surface area contributed by atoms with Crippen LogP contribution < -0.4 is 10.6 Å². The maximum absolute atomic E-state index is 12.4. The Labute approximate surface area is 165 Å². The van der Waals surface area contributed by atoms with E-state index in [4.69, 9.17) is 0 Å². The van der Waals surface area contributed by atoms with Gasteiger partial charge in [0.25, 0.3) is 11.8 Å². The van der Waals surface area contributed by atoms with Gasteiger partial charge < -0.3 is 10.6 Å². The zero-order valence-electron chi connectivity index (χ0n) is 16.4. The molecular formula is C24H24N2O2. The molecule has 0 aromatic heterocycles. The predicted octanol–water partition coefficient (Wildman–Crippen LogP) is 4.79. The van der Waals surface area contributed by atoms with E-state index in [1.165, 1.54) is 0 Å². The number of carbonyl (C=O) groups is 2. The number of anilines is 1. The van der Waals surface area contributed by atoms with Crippen molar-refractivity contribution < 1.29 is 9.59 Å². The molecule has 3 aromatic carbocycles. The van der Waals surface area contributed by atoms with Crippen LogP contribution in [0.5, 0.6) is 0 Å². The normalized spacial score (nSPS) is 10.4. The molecule has 0 aliphatic heterocycles. The van der Waals surface area contributed by atoms with Crippen LogP contribution in [0, 0.1) is 20.8 Å². The van der Waals surface area contributed by atoms with Crippen molar-refractivity contribution >= 4 is 17.5 Å². The Bertz CT molecular complexity index is 987. The summed E-state index contributed by atoms with van der Waals surface area (Å²) in [7, 11) is 0. The van der Waals surface area contributed by atoms with Gasteiger partial charge in [-0.25, -0.2) is 0 Å². The van der Waals surface area contributed by atoms with Crippen molar-refractivity contribution in [1.29, 1.82) is 0 Å². The van der Waals surface area contributed by atoms with Crippen molar-refractivity contribution in [2.75, 3.05) is 5.32 Å². The maximum Gasteiger partial charge on any atom is 0.255 e. The number of rotatable bonds is 5. The fourth-order valence-corrected chi connectivity index (χ4v) is 3.13. The summed E-state index contributed by atoms with van der Waals surface area (Å²) in [6, 6.07) is 20.6. The van der Waals surface area contributed by atoms with Crippen LogP contribution in [0.1, 0.15) is 43.0 Å². The Morgan fingerprint density at radius 3 is 1.93 bits per heavy atom. The van der Waals surface area contributed by atoms with Gasteiger partial charge in [0.05, 0.1) is 0 Å². The van der Waals surface area contributed by atoms with E-state index >= 15 is 0 Å². The van der Waals surface area contributed by atoms with Crippen LogP contribution in [0.3, 0.4) is 0 Å². The standard InChI is InChI=1S/C24H24N2O2/c1-16-5-4-6-19(12-16)15-25-23(27)20-7-9-21(10-8-20)24(28)26-22-13-17(2)11-18(3)14-22/h4-14H,15H2,1-3H3,(H,25,27)(H,26,28). The minimum atomic E-state index is -0.197. The molecule has 0 unspecified atom stereocenters. The second kappa shape index (κ2) is 8.53. The van der Waals surface area contributed by atoms with Crippen molar-refractivity contribution in [3.63, 3.8) is 0 Å². The van der Waals surface area contributed by atoms with Gasteiger partial charge >= 0.3 is 0 Å². The Morgan fingerprint density at radius 2 is 1.32 bits per heavy atom. The van der Waals surface area contributed by atoms with Gasteiger partial charge in [-0.2, -0.15) is 0 Å². The van der Waals surface area contributed by atoms with Gasteiger partial charge in [0.1, 0.15) is 0 Å². The van der Waals surface area contributed by atoms with Gasteiger partial charge in [0, 0.05) is 23.4 Å². The molecule has 4 heteroatoms. The highest BCUT2D eigenvalue weighted by Gasteiger charge is 2.10. The number of carbonyl (C=O) groups excluding carboxylic acids is 2. The Kier molecular flexibility index (Phi) is 5.90. The summed E-state index contributed by atoms with van der Waals surface area (Å²) in [4.78, 5) is 24.8. The monoisotopic (exact) mass is 372 g/mol. The summed E-state index contributed by atoms with van der Waals surface area (Å²) in [5.41, 5.74) is 6.20. The van der Waals surface area contributed by atoms with E-state index in [2.05, 4.69) is 16.7 Å². The molecule has 0 saturated carbocycles. The van der Waals surface area contributed by atoms with Crippen LogP contribution in [0.2, 0.25) is 0 Å². The second-order valence-electron chi connectivity index (χ2n) is 7.08. The van der Waals surface area contributed by atoms with E-state index in [1.54, 1.807) is 24.3 Å². The molecule has 0 fully saturated rings. The van der Waals surface area contributed by atoms with Crippen molar-refractivity contribution in [3.8, 4) is 0 Å². The van der Waals surface area contributed by atoms with Gasteiger partial charge in [-0.3, -0.25) is 9.59 Å². The smallest absolute Gasteiger partial charge is 0.255 e. The van der Waals surface area contributed by atoms with Gasteiger partial charge in [0.2, 0.25) is 0 Å². The highest BCUT2D eigenvalue weighted by atomic mass is 16.2. The average molecular weight is 372 g/mol. The summed E-state index contributed by atoms with van der Waals surface area (Å²) in [6.07, 6.45) is 0. The molecule has 2 amide bonds. The molecule has 0 saturated heterocycles. The Morgan fingerprint density at radius 1 is 0.714 bits per heavy atom. The summed E-state index contributed by atoms with van der Waals surface area (Å²) in [6.45, 7) is 6.47. The van der Waals surface area contributed by atoms with Crippen LogP contribution in [0.4, 0.5) is 5.69 Å². The lowest BCUT2D eigenvalue weighted by molar-refractivity contribution is 0.0949. The molecule has 0 spiro atoms. The fraction of sp³-hybridized carbons (Fsp3) is 0.167. The van der Waals surface area contributed by atoms with E-state index < -0.39 is 0 Å². The lowest BCUT2D eigenvalue weighted by Gasteiger charge is -2.09. The van der Waals surface area contributed by atoms with Crippen molar-refractivity contribution in [2.24, 2.45) is 0 Å². The van der Waals surface area contributed by atoms with E-state index in [0.717, 1.165) is 27.9 Å². The summed E-state index contributed by atoms with van der Waals surface area (Å²) >= 11 is 0. The van der Waals surface area contributed by atoms with E-state index in [1.807, 2.05) is 57.2 Å². The molecule has 3 rings (SSSR count). The van der Waals surface area contributed by atoms with E-state index in [-0.39, 0.29) is 11.8 Å². The summed E-state index contributed by atoms with van der Waals surface area (Å²) in [5, 5.41) is 5.80. The number of amides is 2. The largest absolute Gasteiger partial charge is 0.348 e. The van der Waals surface area contributed by atoms with Gasteiger partial charge in [-0.15, -0.1) is 0 Å².